The van der Waals surface area contributed by atoms with E-state index in [0.717, 1.165) is 16.5 Å². The van der Waals surface area contributed by atoms with E-state index in [1.807, 2.05) is 30.5 Å². The quantitative estimate of drug-likeness (QED) is 0.713. The zero-order valence-corrected chi connectivity index (χ0v) is 9.16. The Morgan fingerprint density at radius 1 is 1.50 bits per heavy atom. The van der Waals surface area contributed by atoms with E-state index in [2.05, 4.69) is 9.82 Å². The second kappa shape index (κ2) is 4.55. The molecule has 1 atom stereocenters. The first kappa shape index (κ1) is 11.0. The first-order valence-electron chi connectivity index (χ1n) is 4.86. The van der Waals surface area contributed by atoms with Crippen LogP contribution in [0, 0.1) is 0 Å². The van der Waals surface area contributed by atoms with Gasteiger partial charge < -0.3 is 10.1 Å². The molecule has 1 aromatic carbocycles. The third-order valence-corrected chi connectivity index (χ3v) is 2.79. The molecule has 1 aromatic heterocycles. The highest BCUT2D eigenvalue weighted by atomic mass is 35.5. The summed E-state index contributed by atoms with van der Waals surface area (Å²) < 4.78 is 0. The molecule has 0 amide bonds. The van der Waals surface area contributed by atoms with Crippen LogP contribution in [0.4, 0.5) is 0 Å². The Bertz CT molecular complexity index is 509. The Hall–Kier alpha value is -1.52. The molecular formula is C11H11ClN2O2. The lowest BCUT2D eigenvalue weighted by atomic mass is 10.1. The molecule has 0 fully saturated rings. The van der Waals surface area contributed by atoms with Crippen molar-refractivity contribution in [1.29, 1.82) is 0 Å². The second-order valence-electron chi connectivity index (χ2n) is 3.56. The molecule has 4 nitrogen and oxygen atoms in total. The van der Waals surface area contributed by atoms with E-state index in [-0.39, 0.29) is 0 Å². The van der Waals surface area contributed by atoms with Crippen molar-refractivity contribution in [3.8, 4) is 0 Å². The fourth-order valence-electron chi connectivity index (χ4n) is 1.69. The van der Waals surface area contributed by atoms with Gasteiger partial charge in [-0.25, -0.2) is 4.84 Å². The van der Waals surface area contributed by atoms with Gasteiger partial charge in [0.1, 0.15) is 6.04 Å². The fourth-order valence-corrected chi connectivity index (χ4v) is 1.86. The van der Waals surface area contributed by atoms with Crippen LogP contribution in [0.15, 0.2) is 30.5 Å². The fraction of sp³-hybridized carbons (Fsp3) is 0.182. The Labute approximate surface area is 97.3 Å². The summed E-state index contributed by atoms with van der Waals surface area (Å²) in [7, 11) is 0. The van der Waals surface area contributed by atoms with Crippen LogP contribution in [0.25, 0.3) is 10.9 Å². The molecule has 0 spiro atoms. The summed E-state index contributed by atoms with van der Waals surface area (Å²) in [5.41, 5.74) is 1.94. The Morgan fingerprint density at radius 2 is 2.25 bits per heavy atom. The summed E-state index contributed by atoms with van der Waals surface area (Å²) in [4.78, 5) is 16.2. The predicted molar refractivity (Wildman–Crippen MR) is 62.4 cm³/mol. The molecule has 0 aliphatic heterocycles. The molecule has 0 aliphatic rings. The van der Waals surface area contributed by atoms with E-state index >= 15 is 0 Å². The number of H-pyrrole nitrogens is 1. The average molecular weight is 239 g/mol. The van der Waals surface area contributed by atoms with Crippen molar-refractivity contribution in [1.82, 2.24) is 9.82 Å². The van der Waals surface area contributed by atoms with E-state index in [9.17, 15) is 4.79 Å². The van der Waals surface area contributed by atoms with Gasteiger partial charge in [0.2, 0.25) is 0 Å². The maximum Gasteiger partial charge on any atom is 0.322 e. The van der Waals surface area contributed by atoms with E-state index in [0.29, 0.717) is 6.42 Å². The number of aromatic nitrogens is 1. The van der Waals surface area contributed by atoms with Gasteiger partial charge in [-0.15, -0.1) is 0 Å². The van der Waals surface area contributed by atoms with Crippen LogP contribution in [-0.2, 0) is 11.2 Å². The summed E-state index contributed by atoms with van der Waals surface area (Å²) in [6.45, 7) is 0. The number of carboxylic acid groups (broad SMARTS) is 1. The molecule has 2 rings (SSSR count). The van der Waals surface area contributed by atoms with Crippen LogP contribution in [0.3, 0.4) is 0 Å². The number of para-hydroxylation sites is 1. The number of rotatable bonds is 4. The lowest BCUT2D eigenvalue weighted by Gasteiger charge is -2.08. The second-order valence-corrected chi connectivity index (χ2v) is 3.78. The van der Waals surface area contributed by atoms with Gasteiger partial charge in [0.25, 0.3) is 0 Å². The van der Waals surface area contributed by atoms with Gasteiger partial charge in [0.15, 0.2) is 0 Å². The third kappa shape index (κ3) is 2.03. The zero-order valence-electron chi connectivity index (χ0n) is 8.40. The number of aromatic amines is 1. The van der Waals surface area contributed by atoms with E-state index in [4.69, 9.17) is 16.9 Å². The van der Waals surface area contributed by atoms with E-state index in [1.54, 1.807) is 0 Å². The number of benzene rings is 1. The number of halogens is 1. The van der Waals surface area contributed by atoms with Gasteiger partial charge in [0, 0.05) is 23.5 Å². The number of carboxylic acids is 1. The topological polar surface area (TPSA) is 65.1 Å². The summed E-state index contributed by atoms with van der Waals surface area (Å²) in [6.07, 6.45) is 2.16. The predicted octanol–water partition coefficient (Wildman–Crippen LogP) is 1.91. The van der Waals surface area contributed by atoms with Gasteiger partial charge in [-0.1, -0.05) is 18.2 Å². The van der Waals surface area contributed by atoms with Crippen LogP contribution in [0.2, 0.25) is 0 Å². The molecule has 1 unspecified atom stereocenters. The van der Waals surface area contributed by atoms with Gasteiger partial charge in [0.05, 0.1) is 0 Å². The first-order chi connectivity index (χ1) is 7.72. The molecule has 5 heteroatoms. The Balaban J connectivity index is 2.30. The summed E-state index contributed by atoms with van der Waals surface area (Å²) in [5, 5.41) is 9.92. The molecule has 0 saturated heterocycles. The lowest BCUT2D eigenvalue weighted by Crippen LogP contribution is -2.32. The van der Waals surface area contributed by atoms with Crippen molar-refractivity contribution in [3.05, 3.63) is 36.0 Å². The lowest BCUT2D eigenvalue weighted by molar-refractivity contribution is -0.138. The molecule has 0 radical (unpaired) electrons. The minimum absolute atomic E-state index is 0.350. The van der Waals surface area contributed by atoms with Crippen molar-refractivity contribution < 1.29 is 9.90 Å². The Morgan fingerprint density at radius 3 is 2.94 bits per heavy atom. The number of hydrogen-bond acceptors (Lipinski definition) is 2. The highest BCUT2D eigenvalue weighted by Crippen LogP contribution is 2.19. The molecule has 2 aromatic rings. The van der Waals surface area contributed by atoms with Crippen molar-refractivity contribution in [2.45, 2.75) is 12.5 Å². The van der Waals surface area contributed by atoms with E-state index in [1.165, 1.54) is 0 Å². The number of fused-ring (bicyclic) bond motifs is 1. The number of aliphatic carboxylic acids is 1. The largest absolute Gasteiger partial charge is 0.480 e. The minimum Gasteiger partial charge on any atom is -0.480 e. The number of nitrogens with one attached hydrogen (secondary N) is 2. The molecular weight excluding hydrogens is 228 g/mol. The first-order valence-corrected chi connectivity index (χ1v) is 5.24. The summed E-state index contributed by atoms with van der Waals surface area (Å²) in [5.74, 6) is -0.958. The van der Waals surface area contributed by atoms with Gasteiger partial charge in [-0.2, -0.15) is 0 Å². The zero-order chi connectivity index (χ0) is 11.5. The van der Waals surface area contributed by atoms with Crippen LogP contribution in [0.5, 0.6) is 0 Å². The average Bonchev–Trinajstić information content (AvgIpc) is 2.69. The maximum absolute atomic E-state index is 10.8. The highest BCUT2D eigenvalue weighted by Gasteiger charge is 2.18. The van der Waals surface area contributed by atoms with Crippen LogP contribution >= 0.6 is 11.8 Å². The molecule has 0 aliphatic carbocycles. The molecule has 1 heterocycles. The summed E-state index contributed by atoms with van der Waals surface area (Å²) >= 11 is 5.39. The van der Waals surface area contributed by atoms with Gasteiger partial charge in [-0.3, -0.25) is 4.79 Å². The van der Waals surface area contributed by atoms with Crippen molar-refractivity contribution in [3.63, 3.8) is 0 Å². The van der Waals surface area contributed by atoms with Crippen molar-refractivity contribution in [2.24, 2.45) is 0 Å². The normalized spacial score (nSPS) is 12.8. The summed E-state index contributed by atoms with van der Waals surface area (Å²) in [6, 6.07) is 6.97. The van der Waals surface area contributed by atoms with Gasteiger partial charge in [-0.05, 0) is 23.4 Å². The minimum atomic E-state index is -0.958. The van der Waals surface area contributed by atoms with Crippen LogP contribution in [-0.4, -0.2) is 22.1 Å². The monoisotopic (exact) mass is 238 g/mol. The van der Waals surface area contributed by atoms with Crippen molar-refractivity contribution in [2.75, 3.05) is 0 Å². The highest BCUT2D eigenvalue weighted by molar-refractivity contribution is 6.14. The van der Waals surface area contributed by atoms with Crippen LogP contribution in [0.1, 0.15) is 5.56 Å². The van der Waals surface area contributed by atoms with E-state index < -0.39 is 12.0 Å². The smallest absolute Gasteiger partial charge is 0.322 e. The standard InChI is InChI=1S/C11H11ClN2O2/c12-14-10(11(15)16)5-7-6-13-9-4-2-1-3-8(7)9/h1-4,6,10,13-14H,5H2,(H,15,16). The van der Waals surface area contributed by atoms with Crippen molar-refractivity contribution >= 4 is 28.6 Å². The SMILES string of the molecule is O=C(O)C(Cc1c[nH]c2ccccc12)NCl. The molecule has 84 valence electrons. The van der Waals surface area contributed by atoms with Crippen LogP contribution < -0.4 is 4.84 Å². The third-order valence-electron chi connectivity index (χ3n) is 2.53. The molecule has 16 heavy (non-hydrogen) atoms. The number of carbonyl (C=O) groups is 1. The number of hydrogen-bond donors (Lipinski definition) is 3. The Kier molecular flexibility index (Phi) is 3.12. The maximum atomic E-state index is 10.8. The molecule has 0 bridgehead atoms. The molecule has 3 N–H and O–H groups in total. The molecule has 0 saturated carbocycles. The van der Waals surface area contributed by atoms with Gasteiger partial charge >= 0.3 is 5.97 Å².